The van der Waals surface area contributed by atoms with Gasteiger partial charge in [0.15, 0.2) is 11.2 Å². The molecule has 0 aliphatic carbocycles. The molecule has 5 rings (SSSR count). The second-order valence-electron chi connectivity index (χ2n) is 9.46. The highest BCUT2D eigenvalue weighted by Gasteiger charge is 2.27. The van der Waals surface area contributed by atoms with Crippen LogP contribution < -0.4 is 27.6 Å². The van der Waals surface area contributed by atoms with Crippen LogP contribution in [0.5, 0.6) is 0 Å². The number of nitrogen functional groups attached to an aromatic ring is 1. The number of benzene rings is 1. The number of carbonyl (C=O) groups is 1. The van der Waals surface area contributed by atoms with Gasteiger partial charge < -0.3 is 25.7 Å². The molecule has 38 heavy (non-hydrogen) atoms. The van der Waals surface area contributed by atoms with Crippen molar-refractivity contribution in [1.82, 2.24) is 23.7 Å². The lowest BCUT2D eigenvalue weighted by Crippen LogP contribution is -2.44. The average Bonchev–Trinajstić information content (AvgIpc) is 3.29. The summed E-state index contributed by atoms with van der Waals surface area (Å²) in [5.74, 6) is -0.0510. The first-order valence-electron chi connectivity index (χ1n) is 12.9. The fourth-order valence-electron chi connectivity index (χ4n) is 5.08. The van der Waals surface area contributed by atoms with Gasteiger partial charge in [0, 0.05) is 31.1 Å². The number of rotatable bonds is 7. The molecule has 3 aromatic heterocycles. The Morgan fingerprint density at radius 1 is 1.13 bits per heavy atom. The number of aromatic nitrogens is 5. The van der Waals surface area contributed by atoms with Crippen molar-refractivity contribution in [2.24, 2.45) is 5.73 Å². The second-order valence-corrected chi connectivity index (χ2v) is 9.46. The van der Waals surface area contributed by atoms with E-state index in [-0.39, 0.29) is 36.9 Å². The number of esters is 1. The molecule has 1 fully saturated rings. The number of imidazole rings is 1. The zero-order valence-corrected chi connectivity index (χ0v) is 21.6. The zero-order chi connectivity index (χ0) is 27.0. The van der Waals surface area contributed by atoms with E-state index in [0.717, 1.165) is 29.3 Å². The molecule has 0 amide bonds. The van der Waals surface area contributed by atoms with Crippen LogP contribution in [-0.2, 0) is 29.2 Å². The summed E-state index contributed by atoms with van der Waals surface area (Å²) in [6.07, 6.45) is 1.80. The van der Waals surface area contributed by atoms with E-state index in [4.69, 9.17) is 21.2 Å². The molecule has 1 aliphatic rings. The van der Waals surface area contributed by atoms with Crippen molar-refractivity contribution in [2.75, 3.05) is 30.3 Å². The lowest BCUT2D eigenvalue weighted by molar-refractivity contribution is -0.143. The Kier molecular flexibility index (Phi) is 6.89. The zero-order valence-electron chi connectivity index (χ0n) is 21.6. The largest absolute Gasteiger partial charge is 0.465 e. The third-order valence-electron chi connectivity index (χ3n) is 6.89. The lowest BCUT2D eigenvalue weighted by Gasteiger charge is -2.31. The summed E-state index contributed by atoms with van der Waals surface area (Å²) in [7, 11) is 0. The van der Waals surface area contributed by atoms with Gasteiger partial charge in [0.2, 0.25) is 5.95 Å². The van der Waals surface area contributed by atoms with Gasteiger partial charge in [-0.3, -0.25) is 18.7 Å². The summed E-state index contributed by atoms with van der Waals surface area (Å²) in [6.45, 7) is 4.95. The van der Waals surface area contributed by atoms with Crippen LogP contribution >= 0.6 is 0 Å². The average molecular weight is 521 g/mol. The molecule has 4 heterocycles. The Morgan fingerprint density at radius 3 is 2.66 bits per heavy atom. The second kappa shape index (κ2) is 10.3. The van der Waals surface area contributed by atoms with Gasteiger partial charge in [0.1, 0.15) is 6.54 Å². The topological polar surface area (TPSA) is 156 Å². The summed E-state index contributed by atoms with van der Waals surface area (Å²) in [6, 6.07) is 9.22. The van der Waals surface area contributed by atoms with Gasteiger partial charge in [-0.05, 0) is 38.8 Å². The number of ether oxygens (including phenoxy) is 1. The molecular weight excluding hydrogens is 488 g/mol. The predicted octanol–water partition coefficient (Wildman–Crippen LogP) is 1.05. The third-order valence-corrected chi connectivity index (χ3v) is 6.89. The number of para-hydroxylation sites is 1. The maximum atomic E-state index is 13.9. The maximum absolute atomic E-state index is 13.9. The number of hydrogen-bond donors (Lipinski definition) is 2. The standard InChI is InChI=1S/C26H32N8O4/c1-3-32-22-23(30-25(32)31-11-7-9-17(27)13-31)33(15-21(35)38-4-2)26(37)34(24(22)36)14-20-18(28)12-16-8-5-6-10-19(16)29-20/h5-6,8,10,12,17H,3-4,7,9,11,13-15,27-28H2,1-2H3. The Bertz CT molecular complexity index is 1640. The highest BCUT2D eigenvalue weighted by molar-refractivity contribution is 5.82. The molecule has 4 N–H and O–H groups in total. The van der Waals surface area contributed by atoms with Gasteiger partial charge in [-0.15, -0.1) is 0 Å². The molecule has 0 radical (unpaired) electrons. The number of hydrogen-bond acceptors (Lipinski definition) is 9. The van der Waals surface area contributed by atoms with Crippen LogP contribution in [0.25, 0.3) is 22.1 Å². The summed E-state index contributed by atoms with van der Waals surface area (Å²) in [4.78, 5) is 51.5. The van der Waals surface area contributed by atoms with Gasteiger partial charge >= 0.3 is 11.7 Å². The van der Waals surface area contributed by atoms with Crippen molar-refractivity contribution in [3.05, 3.63) is 56.9 Å². The molecule has 1 saturated heterocycles. The van der Waals surface area contributed by atoms with E-state index in [1.807, 2.05) is 36.1 Å². The van der Waals surface area contributed by atoms with Crippen molar-refractivity contribution < 1.29 is 9.53 Å². The Labute approximate surface area is 218 Å². The fraction of sp³-hybridized carbons (Fsp3) is 0.423. The first-order chi connectivity index (χ1) is 18.3. The van der Waals surface area contributed by atoms with Crippen LogP contribution in [0.1, 0.15) is 32.4 Å². The van der Waals surface area contributed by atoms with Crippen molar-refractivity contribution in [3.8, 4) is 0 Å². The molecule has 1 unspecified atom stereocenters. The molecule has 12 heteroatoms. The third kappa shape index (κ3) is 4.51. The number of piperidine rings is 1. The molecule has 200 valence electrons. The minimum Gasteiger partial charge on any atom is -0.465 e. The number of carbonyl (C=O) groups excluding carboxylic acids is 1. The minimum absolute atomic E-state index is 0.0193. The van der Waals surface area contributed by atoms with Gasteiger partial charge in [0.25, 0.3) is 5.56 Å². The number of nitrogens with zero attached hydrogens (tertiary/aromatic N) is 6. The highest BCUT2D eigenvalue weighted by atomic mass is 16.5. The van der Waals surface area contributed by atoms with E-state index >= 15 is 0 Å². The van der Waals surface area contributed by atoms with Crippen LogP contribution in [0.2, 0.25) is 0 Å². The number of nitrogens with two attached hydrogens (primary N) is 2. The van der Waals surface area contributed by atoms with Gasteiger partial charge in [-0.25, -0.2) is 9.78 Å². The normalized spacial score (nSPS) is 15.9. The van der Waals surface area contributed by atoms with Crippen molar-refractivity contribution in [1.29, 1.82) is 0 Å². The molecule has 4 aromatic rings. The Morgan fingerprint density at radius 2 is 1.92 bits per heavy atom. The van der Waals surface area contributed by atoms with Crippen LogP contribution in [0.4, 0.5) is 11.6 Å². The van der Waals surface area contributed by atoms with Crippen molar-refractivity contribution >= 4 is 39.7 Å². The Hall–Kier alpha value is -4.19. The van der Waals surface area contributed by atoms with Gasteiger partial charge in [0.05, 0.1) is 30.0 Å². The molecule has 12 nitrogen and oxygen atoms in total. The number of anilines is 2. The molecular formula is C26H32N8O4. The fourth-order valence-corrected chi connectivity index (χ4v) is 5.08. The Balaban J connectivity index is 1.72. The van der Waals surface area contributed by atoms with E-state index in [0.29, 0.717) is 35.9 Å². The van der Waals surface area contributed by atoms with E-state index < -0.39 is 17.2 Å². The smallest absolute Gasteiger partial charge is 0.333 e. The highest BCUT2D eigenvalue weighted by Crippen LogP contribution is 2.24. The van der Waals surface area contributed by atoms with Crippen LogP contribution in [-0.4, -0.2) is 55.4 Å². The molecule has 0 spiro atoms. The van der Waals surface area contributed by atoms with Crippen LogP contribution in [0, 0.1) is 0 Å². The summed E-state index contributed by atoms with van der Waals surface area (Å²) in [5.41, 5.74) is 13.1. The summed E-state index contributed by atoms with van der Waals surface area (Å²) >= 11 is 0. The number of pyridine rings is 1. The molecule has 1 aromatic carbocycles. The lowest BCUT2D eigenvalue weighted by atomic mass is 10.1. The van der Waals surface area contributed by atoms with Crippen LogP contribution in [0.3, 0.4) is 0 Å². The SMILES string of the molecule is CCOC(=O)Cn1c(=O)n(Cc2nc3ccccc3cc2N)c(=O)c2c1nc(N1CCCC(N)C1)n2CC. The van der Waals surface area contributed by atoms with Crippen molar-refractivity contribution in [2.45, 2.75) is 52.4 Å². The van der Waals surface area contributed by atoms with E-state index in [2.05, 4.69) is 4.98 Å². The molecule has 0 bridgehead atoms. The monoisotopic (exact) mass is 520 g/mol. The summed E-state index contributed by atoms with van der Waals surface area (Å²) < 4.78 is 9.17. The first-order valence-corrected chi connectivity index (χ1v) is 12.9. The molecule has 1 atom stereocenters. The predicted molar refractivity (Wildman–Crippen MR) is 145 cm³/mol. The number of aryl methyl sites for hydroxylation is 1. The minimum atomic E-state index is -0.687. The van der Waals surface area contributed by atoms with Gasteiger partial charge in [-0.1, -0.05) is 18.2 Å². The van der Waals surface area contributed by atoms with Crippen LogP contribution in [0.15, 0.2) is 39.9 Å². The van der Waals surface area contributed by atoms with E-state index in [9.17, 15) is 14.4 Å². The molecule has 1 aliphatic heterocycles. The quantitative estimate of drug-likeness (QED) is 0.340. The van der Waals surface area contributed by atoms with E-state index in [1.165, 1.54) is 4.57 Å². The van der Waals surface area contributed by atoms with Crippen molar-refractivity contribution in [3.63, 3.8) is 0 Å². The number of fused-ring (bicyclic) bond motifs is 2. The summed E-state index contributed by atoms with van der Waals surface area (Å²) in [5, 5.41) is 0.852. The van der Waals surface area contributed by atoms with E-state index in [1.54, 1.807) is 17.6 Å². The maximum Gasteiger partial charge on any atom is 0.333 e. The molecule has 0 saturated carbocycles. The first kappa shape index (κ1) is 25.5. The van der Waals surface area contributed by atoms with Gasteiger partial charge in [-0.2, -0.15) is 4.98 Å².